The fourth-order valence-electron chi connectivity index (χ4n) is 2.94. The highest BCUT2D eigenvalue weighted by molar-refractivity contribution is 5.92. The van der Waals surface area contributed by atoms with Gasteiger partial charge in [-0.25, -0.2) is 4.79 Å². The van der Waals surface area contributed by atoms with Crippen molar-refractivity contribution in [1.82, 2.24) is 5.32 Å². The third-order valence-electron chi connectivity index (χ3n) is 4.39. The summed E-state index contributed by atoms with van der Waals surface area (Å²) in [5, 5.41) is 2.78. The van der Waals surface area contributed by atoms with Gasteiger partial charge in [0.15, 0.2) is 6.61 Å². The lowest BCUT2D eigenvalue weighted by Gasteiger charge is -2.10. The number of carbonyl (C=O) groups excluding carboxylic acids is 2. The van der Waals surface area contributed by atoms with Gasteiger partial charge in [0.1, 0.15) is 0 Å². The molecule has 3 aromatic carbocycles. The number of carbonyl (C=O) groups is 2. The van der Waals surface area contributed by atoms with Crippen molar-refractivity contribution in [3.05, 3.63) is 107 Å². The van der Waals surface area contributed by atoms with Crippen molar-refractivity contribution in [2.24, 2.45) is 0 Å². The van der Waals surface area contributed by atoms with E-state index in [-0.39, 0.29) is 12.5 Å². The van der Waals surface area contributed by atoms with Crippen LogP contribution in [-0.2, 0) is 22.4 Å². The van der Waals surface area contributed by atoms with Crippen LogP contribution in [0.25, 0.3) is 0 Å². The quantitative estimate of drug-likeness (QED) is 0.611. The summed E-state index contributed by atoms with van der Waals surface area (Å²) in [6.45, 7) is 0.221. The number of benzene rings is 3. The maximum atomic E-state index is 12.5. The van der Waals surface area contributed by atoms with Crippen LogP contribution in [0.2, 0.25) is 0 Å². The summed E-state index contributed by atoms with van der Waals surface area (Å²) >= 11 is 0. The molecule has 4 heteroatoms. The summed E-state index contributed by atoms with van der Waals surface area (Å²) < 4.78 is 5.22. The first-order valence-corrected chi connectivity index (χ1v) is 9.32. The van der Waals surface area contributed by atoms with E-state index in [0.717, 1.165) is 23.1 Å². The van der Waals surface area contributed by atoms with Crippen LogP contribution in [0.3, 0.4) is 0 Å². The molecule has 0 bridgehead atoms. The molecule has 1 N–H and O–H groups in total. The first-order valence-electron chi connectivity index (χ1n) is 9.32. The predicted molar refractivity (Wildman–Crippen MR) is 109 cm³/mol. The normalized spacial score (nSPS) is 10.3. The van der Waals surface area contributed by atoms with Gasteiger partial charge in [0.25, 0.3) is 5.91 Å². The van der Waals surface area contributed by atoms with E-state index in [1.54, 1.807) is 12.1 Å². The molecule has 3 rings (SSSR count). The molecule has 0 heterocycles. The molecule has 4 nitrogen and oxygen atoms in total. The summed E-state index contributed by atoms with van der Waals surface area (Å²) in [5.41, 5.74) is 3.63. The van der Waals surface area contributed by atoms with Gasteiger partial charge in [-0.3, -0.25) is 4.79 Å². The second kappa shape index (κ2) is 10.1. The Balaban J connectivity index is 1.50. The zero-order valence-corrected chi connectivity index (χ0v) is 15.6. The summed E-state index contributed by atoms with van der Waals surface area (Å²) in [7, 11) is 0. The molecule has 1 amide bonds. The van der Waals surface area contributed by atoms with Gasteiger partial charge in [-0.2, -0.15) is 0 Å². The molecular weight excluding hydrogens is 350 g/mol. The van der Waals surface area contributed by atoms with Gasteiger partial charge in [-0.1, -0.05) is 78.9 Å². The standard InChI is InChI=1S/C24H23NO3/c26-23(25-16-15-19-9-3-1-4-10-19)18-28-24(27)22-14-8-7-13-21(22)17-20-11-5-2-6-12-20/h1-14H,15-18H2,(H,25,26). The topological polar surface area (TPSA) is 55.4 Å². The lowest BCUT2D eigenvalue weighted by Crippen LogP contribution is -2.30. The van der Waals surface area contributed by atoms with Crippen LogP contribution in [0.15, 0.2) is 84.9 Å². The molecule has 3 aromatic rings. The molecule has 0 saturated heterocycles. The molecule has 0 radical (unpaired) electrons. The second-order valence-electron chi connectivity index (χ2n) is 6.48. The van der Waals surface area contributed by atoms with Crippen molar-refractivity contribution >= 4 is 11.9 Å². The zero-order chi connectivity index (χ0) is 19.6. The first kappa shape index (κ1) is 19.4. The fourth-order valence-corrected chi connectivity index (χ4v) is 2.94. The average molecular weight is 373 g/mol. The van der Waals surface area contributed by atoms with E-state index in [2.05, 4.69) is 5.32 Å². The Morgan fingerprint density at radius 1 is 0.750 bits per heavy atom. The number of rotatable bonds is 8. The van der Waals surface area contributed by atoms with E-state index in [1.165, 1.54) is 0 Å². The van der Waals surface area contributed by atoms with Crippen LogP contribution < -0.4 is 5.32 Å². The van der Waals surface area contributed by atoms with E-state index in [1.807, 2.05) is 72.8 Å². The summed E-state index contributed by atoms with van der Waals surface area (Å²) in [6, 6.07) is 27.2. The highest BCUT2D eigenvalue weighted by Crippen LogP contribution is 2.15. The molecule has 0 spiro atoms. The smallest absolute Gasteiger partial charge is 0.338 e. The van der Waals surface area contributed by atoms with Crippen LogP contribution in [0, 0.1) is 0 Å². The van der Waals surface area contributed by atoms with Crippen LogP contribution in [0.5, 0.6) is 0 Å². The van der Waals surface area contributed by atoms with Crippen LogP contribution in [0.4, 0.5) is 0 Å². The largest absolute Gasteiger partial charge is 0.452 e. The predicted octanol–water partition coefficient (Wildman–Crippen LogP) is 3.79. The highest BCUT2D eigenvalue weighted by Gasteiger charge is 2.14. The summed E-state index contributed by atoms with van der Waals surface area (Å²) in [6.07, 6.45) is 1.37. The van der Waals surface area contributed by atoms with Crippen molar-refractivity contribution in [3.63, 3.8) is 0 Å². The van der Waals surface area contributed by atoms with Gasteiger partial charge < -0.3 is 10.1 Å². The van der Waals surface area contributed by atoms with Crippen LogP contribution >= 0.6 is 0 Å². The van der Waals surface area contributed by atoms with Crippen molar-refractivity contribution in [2.75, 3.05) is 13.2 Å². The van der Waals surface area contributed by atoms with E-state index < -0.39 is 5.97 Å². The third kappa shape index (κ3) is 5.81. The van der Waals surface area contributed by atoms with Gasteiger partial charge >= 0.3 is 5.97 Å². The van der Waals surface area contributed by atoms with Crippen LogP contribution in [0.1, 0.15) is 27.0 Å². The lowest BCUT2D eigenvalue weighted by molar-refractivity contribution is -0.124. The van der Waals surface area contributed by atoms with Gasteiger partial charge in [0.2, 0.25) is 0 Å². The highest BCUT2D eigenvalue weighted by atomic mass is 16.5. The minimum absolute atomic E-state index is 0.284. The third-order valence-corrected chi connectivity index (χ3v) is 4.39. The number of hydrogen-bond donors (Lipinski definition) is 1. The minimum Gasteiger partial charge on any atom is -0.452 e. The monoisotopic (exact) mass is 373 g/mol. The first-order chi connectivity index (χ1) is 13.7. The Morgan fingerprint density at radius 2 is 1.36 bits per heavy atom. The Hall–Kier alpha value is -3.40. The van der Waals surface area contributed by atoms with Crippen molar-refractivity contribution in [3.8, 4) is 0 Å². The molecule has 0 aromatic heterocycles. The maximum Gasteiger partial charge on any atom is 0.338 e. The van der Waals surface area contributed by atoms with E-state index in [9.17, 15) is 9.59 Å². The molecule has 0 saturated carbocycles. The van der Waals surface area contributed by atoms with Gasteiger partial charge in [0.05, 0.1) is 5.56 Å². The Bertz CT molecular complexity index is 907. The lowest BCUT2D eigenvalue weighted by atomic mass is 10.00. The molecule has 0 atom stereocenters. The van der Waals surface area contributed by atoms with Gasteiger partial charge in [0, 0.05) is 6.54 Å². The second-order valence-corrected chi connectivity index (χ2v) is 6.48. The summed E-state index contributed by atoms with van der Waals surface area (Å²) in [5.74, 6) is -0.783. The molecule has 142 valence electrons. The molecule has 28 heavy (non-hydrogen) atoms. The van der Waals surface area contributed by atoms with E-state index in [4.69, 9.17) is 4.74 Å². The van der Waals surface area contributed by atoms with Crippen molar-refractivity contribution < 1.29 is 14.3 Å². The average Bonchev–Trinajstić information content (AvgIpc) is 2.74. The number of amides is 1. The molecular formula is C24H23NO3. The Morgan fingerprint density at radius 3 is 2.07 bits per heavy atom. The van der Waals surface area contributed by atoms with Gasteiger partial charge in [-0.05, 0) is 35.6 Å². The number of esters is 1. The Labute approximate surface area is 165 Å². The molecule has 0 aliphatic carbocycles. The van der Waals surface area contributed by atoms with Crippen molar-refractivity contribution in [2.45, 2.75) is 12.8 Å². The molecule has 0 unspecified atom stereocenters. The SMILES string of the molecule is O=C(COC(=O)c1ccccc1Cc1ccccc1)NCCc1ccccc1. The molecule has 0 aliphatic heterocycles. The minimum atomic E-state index is -0.482. The Kier molecular flexibility index (Phi) is 6.96. The number of ether oxygens (including phenoxy) is 1. The zero-order valence-electron chi connectivity index (χ0n) is 15.6. The van der Waals surface area contributed by atoms with Gasteiger partial charge in [-0.15, -0.1) is 0 Å². The molecule has 0 aliphatic rings. The van der Waals surface area contributed by atoms with Crippen LogP contribution in [-0.4, -0.2) is 25.0 Å². The fraction of sp³-hybridized carbons (Fsp3) is 0.167. The van der Waals surface area contributed by atoms with Crippen molar-refractivity contribution in [1.29, 1.82) is 0 Å². The molecule has 0 fully saturated rings. The maximum absolute atomic E-state index is 12.5. The number of hydrogen-bond acceptors (Lipinski definition) is 3. The number of nitrogens with one attached hydrogen (secondary N) is 1. The van der Waals surface area contributed by atoms with E-state index in [0.29, 0.717) is 18.5 Å². The summed E-state index contributed by atoms with van der Waals surface area (Å²) in [4.78, 5) is 24.4. The van der Waals surface area contributed by atoms with E-state index >= 15 is 0 Å².